The van der Waals surface area contributed by atoms with Crippen molar-refractivity contribution in [2.45, 2.75) is 37.6 Å². The van der Waals surface area contributed by atoms with Crippen molar-refractivity contribution in [1.82, 2.24) is 20.2 Å². The van der Waals surface area contributed by atoms with E-state index in [2.05, 4.69) is 15.5 Å². The lowest BCUT2D eigenvalue weighted by Crippen LogP contribution is -2.31. The number of amides is 1. The van der Waals surface area contributed by atoms with Crippen molar-refractivity contribution in [3.63, 3.8) is 0 Å². The van der Waals surface area contributed by atoms with Crippen LogP contribution in [0.5, 0.6) is 0 Å². The number of thioether (sulfide) groups is 1. The Bertz CT molecular complexity index is 622. The third-order valence-electron chi connectivity index (χ3n) is 2.96. The molecule has 21 heavy (non-hydrogen) atoms. The number of hydrogen-bond acceptors (Lipinski definition) is 6. The molecule has 2 rings (SSSR count). The zero-order valence-corrected chi connectivity index (χ0v) is 13.1. The topological polar surface area (TPSA) is 99.0 Å². The molecule has 0 aromatic carbocycles. The minimum absolute atomic E-state index is 0.0362. The number of aromatic nitrogens is 3. The van der Waals surface area contributed by atoms with E-state index in [1.54, 1.807) is 12.3 Å². The van der Waals surface area contributed by atoms with E-state index >= 15 is 0 Å². The van der Waals surface area contributed by atoms with Crippen LogP contribution in [0.1, 0.15) is 26.0 Å². The molecule has 0 aliphatic carbocycles. The van der Waals surface area contributed by atoms with Crippen LogP contribution in [0.15, 0.2) is 21.9 Å². The van der Waals surface area contributed by atoms with E-state index in [-0.39, 0.29) is 11.2 Å². The Balaban J connectivity index is 2.11. The first-order valence-electron chi connectivity index (χ1n) is 6.74. The molecule has 8 heteroatoms. The number of carbonyl (C=O) groups is 1. The van der Waals surface area contributed by atoms with E-state index in [9.17, 15) is 4.79 Å². The average Bonchev–Trinajstić information content (AvgIpc) is 3.03. The summed E-state index contributed by atoms with van der Waals surface area (Å²) in [5.41, 5.74) is 0.792. The van der Waals surface area contributed by atoms with Crippen LogP contribution in [0.3, 0.4) is 0 Å². The van der Waals surface area contributed by atoms with Crippen molar-refractivity contribution in [3.05, 3.63) is 18.1 Å². The van der Waals surface area contributed by atoms with Gasteiger partial charge in [0.2, 0.25) is 11.1 Å². The van der Waals surface area contributed by atoms with Gasteiger partial charge < -0.3 is 15.6 Å². The Kier molecular flexibility index (Phi) is 4.89. The van der Waals surface area contributed by atoms with Crippen molar-refractivity contribution in [2.75, 3.05) is 12.4 Å². The highest BCUT2D eigenvalue weighted by atomic mass is 32.2. The molecule has 1 atom stereocenters. The summed E-state index contributed by atoms with van der Waals surface area (Å²) >= 11 is 1.27. The van der Waals surface area contributed by atoms with Crippen LogP contribution in [0.4, 0.5) is 0 Å². The summed E-state index contributed by atoms with van der Waals surface area (Å²) in [6.45, 7) is 6.32. The fourth-order valence-electron chi connectivity index (χ4n) is 1.76. The monoisotopic (exact) mass is 309 g/mol. The predicted molar refractivity (Wildman–Crippen MR) is 81.2 cm³/mol. The van der Waals surface area contributed by atoms with E-state index in [1.165, 1.54) is 16.4 Å². The molecular formula is C13H19N5O2S. The second-order valence-electron chi connectivity index (χ2n) is 4.62. The van der Waals surface area contributed by atoms with Crippen LogP contribution in [0.25, 0.3) is 11.4 Å². The van der Waals surface area contributed by atoms with E-state index in [4.69, 9.17) is 10.3 Å². The van der Waals surface area contributed by atoms with Crippen LogP contribution in [0, 0.1) is 6.92 Å². The van der Waals surface area contributed by atoms with Gasteiger partial charge in [-0.2, -0.15) is 0 Å². The highest BCUT2D eigenvalue weighted by molar-refractivity contribution is 8.00. The van der Waals surface area contributed by atoms with Crippen LogP contribution in [-0.4, -0.2) is 32.6 Å². The summed E-state index contributed by atoms with van der Waals surface area (Å²) in [4.78, 5) is 11.9. The van der Waals surface area contributed by atoms with E-state index < -0.39 is 0 Å². The maximum Gasteiger partial charge on any atom is 0.233 e. The molecule has 1 amide bonds. The van der Waals surface area contributed by atoms with Gasteiger partial charge >= 0.3 is 0 Å². The van der Waals surface area contributed by atoms with Gasteiger partial charge in [-0.3, -0.25) is 4.79 Å². The van der Waals surface area contributed by atoms with E-state index in [1.807, 2.05) is 20.8 Å². The van der Waals surface area contributed by atoms with Crippen LogP contribution in [-0.2, 0) is 4.79 Å². The minimum Gasteiger partial charge on any atom is -0.469 e. The molecule has 0 saturated heterocycles. The Morgan fingerprint density at radius 1 is 1.57 bits per heavy atom. The number of hydrogen-bond donors (Lipinski definition) is 2. The second-order valence-corrected chi connectivity index (χ2v) is 5.93. The molecule has 0 aliphatic rings. The first kappa shape index (κ1) is 15.4. The molecule has 114 valence electrons. The van der Waals surface area contributed by atoms with Gasteiger partial charge in [0.25, 0.3) is 0 Å². The first-order valence-corrected chi connectivity index (χ1v) is 7.61. The largest absolute Gasteiger partial charge is 0.469 e. The molecule has 0 aliphatic heterocycles. The number of aryl methyl sites for hydroxylation is 1. The lowest BCUT2D eigenvalue weighted by molar-refractivity contribution is -0.120. The van der Waals surface area contributed by atoms with Gasteiger partial charge in [-0.15, -0.1) is 10.2 Å². The fourth-order valence-corrected chi connectivity index (χ4v) is 2.56. The lowest BCUT2D eigenvalue weighted by Gasteiger charge is -2.10. The normalized spacial score (nSPS) is 12.3. The second kappa shape index (κ2) is 6.66. The summed E-state index contributed by atoms with van der Waals surface area (Å²) in [6.07, 6.45) is 2.48. The number of nitrogens with one attached hydrogen (secondary N) is 1. The molecule has 2 aromatic rings. The Hall–Kier alpha value is -1.96. The highest BCUT2D eigenvalue weighted by Gasteiger charge is 2.20. The highest BCUT2D eigenvalue weighted by Crippen LogP contribution is 2.26. The standard InChI is InChI=1S/C13H19N5O2S/c1-4-6-15-12(19)9(3)21-13-17-16-11(18(13)14)10-5-7-20-8(10)2/h5,7,9H,4,6,14H2,1-3H3,(H,15,19). The van der Waals surface area contributed by atoms with E-state index in [0.717, 1.165) is 17.7 Å². The van der Waals surface area contributed by atoms with Gasteiger partial charge in [-0.1, -0.05) is 18.7 Å². The van der Waals surface area contributed by atoms with Crippen LogP contribution in [0.2, 0.25) is 0 Å². The summed E-state index contributed by atoms with van der Waals surface area (Å²) in [5.74, 6) is 7.21. The number of furan rings is 1. The molecule has 2 aromatic heterocycles. The quantitative estimate of drug-likeness (QED) is 0.620. The average molecular weight is 309 g/mol. The van der Waals surface area contributed by atoms with Crippen molar-refractivity contribution < 1.29 is 9.21 Å². The molecule has 1 unspecified atom stereocenters. The predicted octanol–water partition coefficient (Wildman–Crippen LogP) is 1.57. The number of rotatable bonds is 6. The van der Waals surface area contributed by atoms with Gasteiger partial charge in [0.05, 0.1) is 17.1 Å². The minimum atomic E-state index is -0.290. The van der Waals surface area contributed by atoms with Gasteiger partial charge in [0.1, 0.15) is 5.76 Å². The Morgan fingerprint density at radius 2 is 2.33 bits per heavy atom. The fraction of sp³-hybridized carbons (Fsp3) is 0.462. The van der Waals surface area contributed by atoms with Crippen molar-refractivity contribution in [2.24, 2.45) is 0 Å². The van der Waals surface area contributed by atoms with Crippen LogP contribution < -0.4 is 11.2 Å². The summed E-state index contributed by atoms with van der Waals surface area (Å²) in [6, 6.07) is 1.79. The summed E-state index contributed by atoms with van der Waals surface area (Å²) in [7, 11) is 0. The number of nitrogens with two attached hydrogens (primary N) is 1. The molecule has 2 heterocycles. The maximum atomic E-state index is 11.9. The molecular weight excluding hydrogens is 290 g/mol. The van der Waals surface area contributed by atoms with Crippen molar-refractivity contribution >= 4 is 17.7 Å². The molecule has 0 bridgehead atoms. The zero-order valence-electron chi connectivity index (χ0n) is 12.3. The van der Waals surface area contributed by atoms with Crippen molar-refractivity contribution in [1.29, 1.82) is 0 Å². The number of nitrogen functional groups attached to an aromatic ring is 1. The SMILES string of the molecule is CCCNC(=O)C(C)Sc1nnc(-c2ccoc2C)n1N. The molecule has 7 nitrogen and oxygen atoms in total. The van der Waals surface area contributed by atoms with Gasteiger partial charge in [-0.25, -0.2) is 4.68 Å². The smallest absolute Gasteiger partial charge is 0.233 e. The molecule has 0 fully saturated rings. The Labute approximate surface area is 127 Å². The molecule has 0 spiro atoms. The van der Waals surface area contributed by atoms with Crippen molar-refractivity contribution in [3.8, 4) is 11.4 Å². The summed E-state index contributed by atoms with van der Waals surface area (Å²) in [5, 5.41) is 11.2. The van der Waals surface area contributed by atoms with E-state index in [0.29, 0.717) is 17.5 Å². The van der Waals surface area contributed by atoms with Gasteiger partial charge in [-0.05, 0) is 26.3 Å². The molecule has 3 N–H and O–H groups in total. The third kappa shape index (κ3) is 3.38. The summed E-state index contributed by atoms with van der Waals surface area (Å²) < 4.78 is 6.62. The third-order valence-corrected chi connectivity index (χ3v) is 4.02. The lowest BCUT2D eigenvalue weighted by atomic mass is 10.2. The number of carbonyl (C=O) groups excluding carboxylic acids is 1. The maximum absolute atomic E-state index is 11.9. The zero-order chi connectivity index (χ0) is 15.4. The number of nitrogens with zero attached hydrogens (tertiary/aromatic N) is 3. The van der Waals surface area contributed by atoms with Gasteiger partial charge in [0, 0.05) is 6.54 Å². The molecule has 0 saturated carbocycles. The van der Waals surface area contributed by atoms with Crippen LogP contribution >= 0.6 is 11.8 Å². The molecule has 0 radical (unpaired) electrons. The van der Waals surface area contributed by atoms with Gasteiger partial charge in [0.15, 0.2) is 5.82 Å². The Morgan fingerprint density at radius 3 is 2.95 bits per heavy atom. The first-order chi connectivity index (χ1) is 10.0.